The number of carbonyl (C=O) groups excluding carboxylic acids is 1. The summed E-state index contributed by atoms with van der Waals surface area (Å²) in [6, 6.07) is 13.8. The van der Waals surface area contributed by atoms with E-state index in [0.717, 1.165) is 17.4 Å². The predicted octanol–water partition coefficient (Wildman–Crippen LogP) is 2.63. The number of aromatic nitrogens is 2. The highest BCUT2D eigenvalue weighted by Crippen LogP contribution is 2.22. The molecule has 0 radical (unpaired) electrons. The molecule has 1 amide bonds. The Balaban J connectivity index is 1.73. The van der Waals surface area contributed by atoms with E-state index in [0.29, 0.717) is 5.56 Å². The Morgan fingerprint density at radius 1 is 1.12 bits per heavy atom. The minimum atomic E-state index is -3.34. The minimum absolute atomic E-state index is 0.0394. The maximum atomic E-state index is 12.1. The number of hydrogen-bond donors (Lipinski definition) is 1. The zero-order valence-electron chi connectivity index (χ0n) is 14.3. The summed E-state index contributed by atoms with van der Waals surface area (Å²) in [5.41, 5.74) is 2.41. The van der Waals surface area contributed by atoms with E-state index >= 15 is 0 Å². The minimum Gasteiger partial charge on any atom is -0.403 e. The van der Waals surface area contributed by atoms with Crippen LogP contribution in [0.15, 0.2) is 57.8 Å². The Morgan fingerprint density at radius 3 is 2.62 bits per heavy atom. The second kappa shape index (κ2) is 7.09. The number of nitrogens with one attached hydrogen (secondary N) is 1. The third kappa shape index (κ3) is 4.34. The zero-order valence-corrected chi connectivity index (χ0v) is 15.1. The van der Waals surface area contributed by atoms with E-state index in [4.69, 9.17) is 4.42 Å². The number of anilines is 1. The van der Waals surface area contributed by atoms with Crippen LogP contribution in [0, 0.1) is 6.92 Å². The summed E-state index contributed by atoms with van der Waals surface area (Å²) >= 11 is 0. The lowest BCUT2D eigenvalue weighted by atomic mass is 10.1. The molecule has 1 heterocycles. The number of sulfone groups is 1. The highest BCUT2D eigenvalue weighted by atomic mass is 32.2. The van der Waals surface area contributed by atoms with Crippen molar-refractivity contribution in [3.8, 4) is 11.5 Å². The lowest BCUT2D eigenvalue weighted by Gasteiger charge is -2.02. The normalized spacial score (nSPS) is 11.3. The van der Waals surface area contributed by atoms with Gasteiger partial charge < -0.3 is 4.42 Å². The van der Waals surface area contributed by atoms with Gasteiger partial charge in [0, 0.05) is 11.8 Å². The number of benzene rings is 2. The van der Waals surface area contributed by atoms with E-state index in [2.05, 4.69) is 15.5 Å². The molecular weight excluding hydrogens is 354 g/mol. The van der Waals surface area contributed by atoms with Gasteiger partial charge in [-0.15, -0.1) is 5.10 Å². The maximum Gasteiger partial charge on any atom is 0.322 e. The molecular formula is C18H17N3O4S. The molecule has 3 rings (SSSR count). The molecule has 0 aliphatic rings. The van der Waals surface area contributed by atoms with Crippen LogP contribution in [0.2, 0.25) is 0 Å². The van der Waals surface area contributed by atoms with Gasteiger partial charge in [0.2, 0.25) is 11.8 Å². The van der Waals surface area contributed by atoms with Crippen LogP contribution in [-0.2, 0) is 21.1 Å². The average Bonchev–Trinajstić information content (AvgIpc) is 3.02. The summed E-state index contributed by atoms with van der Waals surface area (Å²) in [5.74, 6) is -0.156. The van der Waals surface area contributed by atoms with Crippen molar-refractivity contribution in [2.45, 2.75) is 18.2 Å². The van der Waals surface area contributed by atoms with Gasteiger partial charge in [0.15, 0.2) is 9.84 Å². The molecule has 1 aromatic heterocycles. The fraction of sp³-hybridized carbons (Fsp3) is 0.167. The van der Waals surface area contributed by atoms with Crippen LogP contribution < -0.4 is 5.32 Å². The third-order valence-electron chi connectivity index (χ3n) is 3.63. The topological polar surface area (TPSA) is 102 Å². The van der Waals surface area contributed by atoms with E-state index in [1.165, 1.54) is 12.1 Å². The Kier molecular flexibility index (Phi) is 4.85. The predicted molar refractivity (Wildman–Crippen MR) is 96.4 cm³/mol. The van der Waals surface area contributed by atoms with Gasteiger partial charge in [-0.25, -0.2) is 8.42 Å². The van der Waals surface area contributed by atoms with Gasteiger partial charge in [-0.05, 0) is 30.7 Å². The number of aryl methyl sites for hydroxylation is 1. The Hall–Kier alpha value is -3.00. The van der Waals surface area contributed by atoms with Crippen LogP contribution in [-0.4, -0.2) is 30.8 Å². The molecule has 0 atom stereocenters. The Labute approximate surface area is 151 Å². The average molecular weight is 371 g/mol. The van der Waals surface area contributed by atoms with Crippen LogP contribution in [0.5, 0.6) is 0 Å². The van der Waals surface area contributed by atoms with Gasteiger partial charge in [-0.2, -0.15) is 0 Å². The van der Waals surface area contributed by atoms with Crippen LogP contribution in [0.25, 0.3) is 11.5 Å². The van der Waals surface area contributed by atoms with Gasteiger partial charge in [-0.3, -0.25) is 10.1 Å². The summed E-state index contributed by atoms with van der Waals surface area (Å²) in [5, 5.41) is 10.2. The van der Waals surface area contributed by atoms with E-state index < -0.39 is 9.84 Å². The summed E-state index contributed by atoms with van der Waals surface area (Å²) in [4.78, 5) is 12.3. The number of amides is 1. The molecule has 0 saturated carbocycles. The van der Waals surface area contributed by atoms with Crippen molar-refractivity contribution < 1.29 is 17.6 Å². The molecule has 8 heteroatoms. The monoisotopic (exact) mass is 371 g/mol. The first-order valence-corrected chi connectivity index (χ1v) is 9.70. The fourth-order valence-corrected chi connectivity index (χ4v) is 3.09. The SMILES string of the molecule is Cc1cccc(CC(=O)Nc2nnc(-c3cccc(S(C)(=O)=O)c3)o2)c1. The summed E-state index contributed by atoms with van der Waals surface area (Å²) in [7, 11) is -3.34. The quantitative estimate of drug-likeness (QED) is 0.740. The highest BCUT2D eigenvalue weighted by Gasteiger charge is 2.14. The molecule has 1 N–H and O–H groups in total. The largest absolute Gasteiger partial charge is 0.403 e. The van der Waals surface area contributed by atoms with Crippen molar-refractivity contribution in [3.05, 3.63) is 59.7 Å². The van der Waals surface area contributed by atoms with Gasteiger partial charge in [-0.1, -0.05) is 41.0 Å². The first-order valence-electron chi connectivity index (χ1n) is 7.81. The summed E-state index contributed by atoms with van der Waals surface area (Å²) in [6.45, 7) is 1.95. The molecule has 26 heavy (non-hydrogen) atoms. The molecule has 2 aromatic carbocycles. The fourth-order valence-electron chi connectivity index (χ4n) is 2.42. The first kappa shape index (κ1) is 17.8. The van der Waals surface area contributed by atoms with Gasteiger partial charge in [0.05, 0.1) is 11.3 Å². The van der Waals surface area contributed by atoms with Crippen molar-refractivity contribution in [2.24, 2.45) is 0 Å². The standard InChI is InChI=1S/C18H17N3O4S/c1-12-5-3-6-13(9-12)10-16(22)19-18-21-20-17(25-18)14-7-4-8-15(11-14)26(2,23)24/h3-9,11H,10H2,1-2H3,(H,19,21,22). The molecule has 0 bridgehead atoms. The molecule has 7 nitrogen and oxygen atoms in total. The molecule has 0 unspecified atom stereocenters. The van der Waals surface area contributed by atoms with Crippen molar-refractivity contribution in [2.75, 3.05) is 11.6 Å². The van der Waals surface area contributed by atoms with Crippen molar-refractivity contribution in [3.63, 3.8) is 0 Å². The Morgan fingerprint density at radius 2 is 1.88 bits per heavy atom. The van der Waals surface area contributed by atoms with Crippen molar-refractivity contribution >= 4 is 21.8 Å². The van der Waals surface area contributed by atoms with Gasteiger partial charge in [0.1, 0.15) is 0 Å². The van der Waals surface area contributed by atoms with Crippen LogP contribution in [0.3, 0.4) is 0 Å². The zero-order chi connectivity index (χ0) is 18.7. The van der Waals surface area contributed by atoms with Gasteiger partial charge in [0.25, 0.3) is 0 Å². The molecule has 3 aromatic rings. The summed E-state index contributed by atoms with van der Waals surface area (Å²) < 4.78 is 28.7. The van der Waals surface area contributed by atoms with E-state index in [9.17, 15) is 13.2 Å². The van der Waals surface area contributed by atoms with Gasteiger partial charge >= 0.3 is 6.01 Å². The molecule has 134 valence electrons. The van der Waals surface area contributed by atoms with Crippen molar-refractivity contribution in [1.82, 2.24) is 10.2 Å². The number of hydrogen-bond acceptors (Lipinski definition) is 6. The van der Waals surface area contributed by atoms with Crippen LogP contribution >= 0.6 is 0 Å². The first-order chi connectivity index (χ1) is 12.3. The molecule has 0 aliphatic heterocycles. The summed E-state index contributed by atoms with van der Waals surface area (Å²) in [6.07, 6.45) is 1.31. The smallest absolute Gasteiger partial charge is 0.322 e. The third-order valence-corrected chi connectivity index (χ3v) is 4.74. The lowest BCUT2D eigenvalue weighted by Crippen LogP contribution is -2.14. The van der Waals surface area contributed by atoms with E-state index in [1.54, 1.807) is 12.1 Å². The number of carbonyl (C=O) groups is 1. The maximum absolute atomic E-state index is 12.1. The van der Waals surface area contributed by atoms with Crippen LogP contribution in [0.1, 0.15) is 11.1 Å². The number of nitrogens with zero attached hydrogens (tertiary/aromatic N) is 2. The second-order valence-electron chi connectivity index (χ2n) is 5.93. The molecule has 0 saturated heterocycles. The van der Waals surface area contributed by atoms with E-state index in [-0.39, 0.29) is 29.1 Å². The molecule has 0 fully saturated rings. The van der Waals surface area contributed by atoms with Crippen LogP contribution in [0.4, 0.5) is 6.01 Å². The molecule has 0 spiro atoms. The molecule has 0 aliphatic carbocycles. The number of rotatable bonds is 5. The van der Waals surface area contributed by atoms with E-state index in [1.807, 2.05) is 31.2 Å². The highest BCUT2D eigenvalue weighted by molar-refractivity contribution is 7.90. The van der Waals surface area contributed by atoms with Crippen molar-refractivity contribution in [1.29, 1.82) is 0 Å². The lowest BCUT2D eigenvalue weighted by molar-refractivity contribution is -0.115. The Bertz CT molecular complexity index is 1060. The second-order valence-corrected chi connectivity index (χ2v) is 7.94.